The second-order valence-corrected chi connectivity index (χ2v) is 5.53. The summed E-state index contributed by atoms with van der Waals surface area (Å²) in [4.78, 5) is 11.9. The van der Waals surface area contributed by atoms with Crippen molar-refractivity contribution in [3.05, 3.63) is 29.8 Å². The molecule has 112 valence electrons. The lowest BCUT2D eigenvalue weighted by Gasteiger charge is -2.21. The van der Waals surface area contributed by atoms with Crippen LogP contribution in [0.3, 0.4) is 0 Å². The number of amides is 1. The van der Waals surface area contributed by atoms with Crippen LogP contribution < -0.4 is 11.1 Å². The number of carbonyl (C=O) groups is 1. The van der Waals surface area contributed by atoms with E-state index >= 15 is 0 Å². The quantitative estimate of drug-likeness (QED) is 0.715. The normalized spacial score (nSPS) is 15.4. The van der Waals surface area contributed by atoms with E-state index in [1.165, 1.54) is 0 Å². The van der Waals surface area contributed by atoms with Crippen molar-refractivity contribution in [3.8, 4) is 5.75 Å². The third kappa shape index (κ3) is 5.21. The van der Waals surface area contributed by atoms with E-state index in [9.17, 15) is 9.90 Å². The number of phenols is 1. The van der Waals surface area contributed by atoms with Crippen LogP contribution in [-0.2, 0) is 11.2 Å². The smallest absolute Gasteiger partial charge is 0.237 e. The predicted molar refractivity (Wildman–Crippen MR) is 81.5 cm³/mol. The molecule has 2 unspecified atom stereocenters. The van der Waals surface area contributed by atoms with Gasteiger partial charge in [-0.05, 0) is 43.4 Å². The first-order chi connectivity index (χ1) is 9.43. The Bertz CT molecular complexity index is 417. The first-order valence-electron chi connectivity index (χ1n) is 7.27. The van der Waals surface area contributed by atoms with Crippen molar-refractivity contribution in [2.75, 3.05) is 0 Å². The zero-order chi connectivity index (χ0) is 15.1. The molecule has 0 heterocycles. The Hall–Kier alpha value is -1.55. The fourth-order valence-corrected chi connectivity index (χ4v) is 1.97. The van der Waals surface area contributed by atoms with Gasteiger partial charge in [-0.1, -0.05) is 32.4 Å². The standard InChI is InChI=1S/C16H26N2O2/c1-4-11(2)15(17)16(20)18-12(3)5-6-13-7-9-14(19)10-8-13/h7-12,15,19H,4-6,17H2,1-3H3,(H,18,20)/t11?,12?,15-/m0/s1. The van der Waals surface area contributed by atoms with Gasteiger partial charge in [-0.15, -0.1) is 0 Å². The second-order valence-electron chi connectivity index (χ2n) is 5.53. The van der Waals surface area contributed by atoms with Crippen LogP contribution in [0, 0.1) is 5.92 Å². The Morgan fingerprint density at radius 3 is 2.45 bits per heavy atom. The van der Waals surface area contributed by atoms with Crippen molar-refractivity contribution in [1.82, 2.24) is 5.32 Å². The molecule has 0 spiro atoms. The van der Waals surface area contributed by atoms with E-state index in [-0.39, 0.29) is 23.6 Å². The van der Waals surface area contributed by atoms with Crippen LogP contribution in [0.2, 0.25) is 0 Å². The third-order valence-corrected chi connectivity index (χ3v) is 3.75. The number of phenolic OH excluding ortho intramolecular Hbond substituents is 1. The molecule has 1 aromatic carbocycles. The highest BCUT2D eigenvalue weighted by Gasteiger charge is 2.20. The number of carbonyl (C=O) groups excluding carboxylic acids is 1. The molecule has 3 atom stereocenters. The first-order valence-corrected chi connectivity index (χ1v) is 7.27. The summed E-state index contributed by atoms with van der Waals surface area (Å²) in [5.41, 5.74) is 7.05. The molecule has 0 saturated carbocycles. The Labute approximate surface area is 121 Å². The van der Waals surface area contributed by atoms with Gasteiger partial charge in [0.05, 0.1) is 6.04 Å². The molecule has 0 bridgehead atoms. The van der Waals surface area contributed by atoms with Gasteiger partial charge in [0.2, 0.25) is 5.91 Å². The number of nitrogens with one attached hydrogen (secondary N) is 1. The number of hydrogen-bond donors (Lipinski definition) is 3. The minimum Gasteiger partial charge on any atom is -0.508 e. The van der Waals surface area contributed by atoms with Crippen molar-refractivity contribution in [1.29, 1.82) is 0 Å². The van der Waals surface area contributed by atoms with Crippen LogP contribution in [-0.4, -0.2) is 23.1 Å². The number of hydrogen-bond acceptors (Lipinski definition) is 3. The summed E-state index contributed by atoms with van der Waals surface area (Å²) in [7, 11) is 0. The lowest BCUT2D eigenvalue weighted by molar-refractivity contribution is -0.124. The van der Waals surface area contributed by atoms with Gasteiger partial charge < -0.3 is 16.2 Å². The SMILES string of the molecule is CCC(C)[C@H](N)C(=O)NC(C)CCc1ccc(O)cc1. The van der Waals surface area contributed by atoms with Gasteiger partial charge in [-0.3, -0.25) is 4.79 Å². The van der Waals surface area contributed by atoms with Crippen molar-refractivity contribution in [3.63, 3.8) is 0 Å². The molecule has 1 amide bonds. The fraction of sp³-hybridized carbons (Fsp3) is 0.562. The van der Waals surface area contributed by atoms with Crippen molar-refractivity contribution in [2.45, 2.75) is 52.1 Å². The maximum Gasteiger partial charge on any atom is 0.237 e. The van der Waals surface area contributed by atoms with E-state index < -0.39 is 6.04 Å². The van der Waals surface area contributed by atoms with Gasteiger partial charge in [0.25, 0.3) is 0 Å². The average molecular weight is 278 g/mol. The highest BCUT2D eigenvalue weighted by atomic mass is 16.3. The maximum atomic E-state index is 11.9. The molecule has 0 radical (unpaired) electrons. The van der Waals surface area contributed by atoms with Crippen LogP contribution in [0.5, 0.6) is 5.75 Å². The molecular weight excluding hydrogens is 252 g/mol. The average Bonchev–Trinajstić information content (AvgIpc) is 2.44. The number of aryl methyl sites for hydroxylation is 1. The predicted octanol–water partition coefficient (Wildman–Crippen LogP) is 2.20. The van der Waals surface area contributed by atoms with Crippen LogP contribution in [0.1, 0.15) is 39.2 Å². The zero-order valence-corrected chi connectivity index (χ0v) is 12.6. The lowest BCUT2D eigenvalue weighted by atomic mass is 9.98. The molecular formula is C16H26N2O2. The van der Waals surface area contributed by atoms with Crippen LogP contribution >= 0.6 is 0 Å². The molecule has 0 aliphatic rings. The number of aromatic hydroxyl groups is 1. The molecule has 0 fully saturated rings. The van der Waals surface area contributed by atoms with E-state index in [0.717, 1.165) is 24.8 Å². The van der Waals surface area contributed by atoms with Gasteiger partial charge in [0.1, 0.15) is 5.75 Å². The lowest BCUT2D eigenvalue weighted by Crippen LogP contribution is -2.47. The molecule has 4 heteroatoms. The highest BCUT2D eigenvalue weighted by Crippen LogP contribution is 2.12. The Morgan fingerprint density at radius 2 is 1.90 bits per heavy atom. The summed E-state index contributed by atoms with van der Waals surface area (Å²) < 4.78 is 0. The summed E-state index contributed by atoms with van der Waals surface area (Å²) in [6.07, 6.45) is 2.61. The van der Waals surface area contributed by atoms with E-state index in [2.05, 4.69) is 5.32 Å². The van der Waals surface area contributed by atoms with Crippen molar-refractivity contribution >= 4 is 5.91 Å². The summed E-state index contributed by atoms with van der Waals surface area (Å²) in [5, 5.41) is 12.2. The van der Waals surface area contributed by atoms with Gasteiger partial charge in [-0.25, -0.2) is 0 Å². The minimum absolute atomic E-state index is 0.0717. The molecule has 0 aliphatic heterocycles. The van der Waals surface area contributed by atoms with E-state index in [1.807, 2.05) is 32.9 Å². The Balaban J connectivity index is 2.38. The topological polar surface area (TPSA) is 75.4 Å². The summed E-state index contributed by atoms with van der Waals surface area (Å²) in [5.74, 6) is 0.395. The molecule has 0 saturated heterocycles. The minimum atomic E-state index is -0.434. The monoisotopic (exact) mass is 278 g/mol. The van der Waals surface area contributed by atoms with E-state index in [4.69, 9.17) is 5.73 Å². The van der Waals surface area contributed by atoms with Crippen LogP contribution in [0.15, 0.2) is 24.3 Å². The number of rotatable bonds is 7. The van der Waals surface area contributed by atoms with Gasteiger partial charge in [0.15, 0.2) is 0 Å². The molecule has 0 aromatic heterocycles. The van der Waals surface area contributed by atoms with Crippen molar-refractivity contribution in [2.24, 2.45) is 11.7 Å². The molecule has 20 heavy (non-hydrogen) atoms. The maximum absolute atomic E-state index is 11.9. The van der Waals surface area contributed by atoms with Crippen molar-refractivity contribution < 1.29 is 9.90 Å². The zero-order valence-electron chi connectivity index (χ0n) is 12.6. The third-order valence-electron chi connectivity index (χ3n) is 3.75. The number of nitrogens with two attached hydrogens (primary N) is 1. The van der Waals surface area contributed by atoms with Crippen LogP contribution in [0.4, 0.5) is 0 Å². The van der Waals surface area contributed by atoms with Gasteiger partial charge >= 0.3 is 0 Å². The molecule has 0 aliphatic carbocycles. The largest absolute Gasteiger partial charge is 0.508 e. The van der Waals surface area contributed by atoms with Gasteiger partial charge in [0, 0.05) is 6.04 Å². The van der Waals surface area contributed by atoms with Gasteiger partial charge in [-0.2, -0.15) is 0 Å². The molecule has 4 nitrogen and oxygen atoms in total. The fourth-order valence-electron chi connectivity index (χ4n) is 1.97. The van der Waals surface area contributed by atoms with Crippen LogP contribution in [0.25, 0.3) is 0 Å². The Morgan fingerprint density at radius 1 is 1.30 bits per heavy atom. The summed E-state index contributed by atoms with van der Waals surface area (Å²) >= 11 is 0. The molecule has 1 aromatic rings. The van der Waals surface area contributed by atoms with E-state index in [1.54, 1.807) is 12.1 Å². The highest BCUT2D eigenvalue weighted by molar-refractivity contribution is 5.82. The summed E-state index contributed by atoms with van der Waals surface area (Å²) in [6, 6.07) is 6.81. The molecule has 4 N–H and O–H groups in total. The second kappa shape index (κ2) is 7.90. The number of benzene rings is 1. The first kappa shape index (κ1) is 16.5. The van der Waals surface area contributed by atoms with E-state index in [0.29, 0.717) is 0 Å². The Kier molecular flexibility index (Phi) is 6.52. The summed E-state index contributed by atoms with van der Waals surface area (Å²) in [6.45, 7) is 6.01. The molecule has 1 rings (SSSR count).